The Morgan fingerprint density at radius 1 is 1.45 bits per heavy atom. The number of nitrogens with zero attached hydrogens (tertiary/aromatic N) is 1. The van der Waals surface area contributed by atoms with E-state index in [1.54, 1.807) is 0 Å². The molecule has 1 heterocycles. The molecule has 1 atom stereocenters. The highest BCUT2D eigenvalue weighted by atomic mass is 33.1. The van der Waals surface area contributed by atoms with Gasteiger partial charge in [-0.15, -0.1) is 0 Å². The topological polar surface area (TPSA) is 38.9 Å². The third kappa shape index (κ3) is 1.08. The van der Waals surface area contributed by atoms with Crippen LogP contribution in [0.3, 0.4) is 0 Å². The van der Waals surface area contributed by atoms with E-state index in [0.717, 1.165) is 11.2 Å². The molecule has 0 saturated heterocycles. The average Bonchev–Trinajstić information content (AvgIpc) is 2.32. The van der Waals surface area contributed by atoms with Crippen LogP contribution in [0, 0.1) is 0 Å². The van der Waals surface area contributed by atoms with Crippen molar-refractivity contribution in [1.29, 1.82) is 0 Å². The average molecular weight is 183 g/mol. The summed E-state index contributed by atoms with van der Waals surface area (Å²) in [5.74, 6) is 0. The van der Waals surface area contributed by atoms with E-state index in [2.05, 4.69) is 16.6 Å². The van der Waals surface area contributed by atoms with Crippen molar-refractivity contribution >= 4 is 37.1 Å². The third-order valence-corrected chi connectivity index (χ3v) is 3.47. The van der Waals surface area contributed by atoms with Crippen molar-refractivity contribution in [3.05, 3.63) is 23.7 Å². The van der Waals surface area contributed by atoms with E-state index in [4.69, 9.17) is 5.73 Å². The molecule has 4 heteroatoms. The molecule has 2 nitrogen and oxygen atoms in total. The fourth-order valence-corrected chi connectivity index (χ4v) is 2.44. The summed E-state index contributed by atoms with van der Waals surface area (Å²) in [4.78, 5) is 4.17. The molecule has 0 radical (unpaired) electrons. The lowest BCUT2D eigenvalue weighted by Crippen LogP contribution is -1.81. The van der Waals surface area contributed by atoms with Crippen LogP contribution in [0.5, 0.6) is 0 Å². The zero-order valence-electron chi connectivity index (χ0n) is 5.69. The number of aromatic nitrogens is 1. The van der Waals surface area contributed by atoms with Gasteiger partial charge < -0.3 is 5.73 Å². The summed E-state index contributed by atoms with van der Waals surface area (Å²) in [6.45, 7) is 0. The van der Waals surface area contributed by atoms with E-state index >= 15 is 0 Å². The number of thiol groups is 1. The minimum atomic E-state index is -0.109. The molecular formula is C7H7N2S2+. The predicted octanol–water partition coefficient (Wildman–Crippen LogP) is 2.26. The molecule has 0 saturated carbocycles. The molecule has 0 spiro atoms. The summed E-state index contributed by atoms with van der Waals surface area (Å²) >= 11 is 4.34. The summed E-state index contributed by atoms with van der Waals surface area (Å²) in [6.07, 6.45) is 0. The second-order valence-corrected chi connectivity index (χ2v) is 4.74. The second-order valence-electron chi connectivity index (χ2n) is 2.28. The number of benzene rings is 1. The monoisotopic (exact) mass is 183 g/mol. The normalized spacial score (nSPS) is 12.3. The van der Waals surface area contributed by atoms with Crippen LogP contribution in [0.15, 0.2) is 23.7 Å². The minimum absolute atomic E-state index is 0.109. The first kappa shape index (κ1) is 6.94. The van der Waals surface area contributed by atoms with Gasteiger partial charge in [-0.25, -0.2) is 0 Å². The number of thiazole rings is 1. The Balaban J connectivity index is 2.86. The first-order chi connectivity index (χ1) is 5.27. The van der Waals surface area contributed by atoms with E-state index in [0.29, 0.717) is 0 Å². The highest BCUT2D eigenvalue weighted by Crippen LogP contribution is 2.32. The molecule has 11 heavy (non-hydrogen) atoms. The molecule has 1 aromatic carbocycles. The number of hydrogen-bond donors (Lipinski definition) is 2. The molecule has 1 unspecified atom stereocenters. The van der Waals surface area contributed by atoms with Crippen LogP contribution in [0.2, 0.25) is 0 Å². The Hall–Kier alpha value is -0.740. The molecule has 0 fully saturated rings. The smallest absolute Gasteiger partial charge is 0.243 e. The fourth-order valence-electron chi connectivity index (χ4n) is 0.976. The molecule has 2 N–H and O–H groups in total. The maximum atomic E-state index is 5.58. The van der Waals surface area contributed by atoms with Gasteiger partial charge in [-0.3, -0.25) is 0 Å². The molecule has 0 amide bonds. The number of fused-ring (bicyclic) bond motifs is 1. The lowest BCUT2D eigenvalue weighted by atomic mass is 10.3. The first-order valence-electron chi connectivity index (χ1n) is 3.13. The van der Waals surface area contributed by atoms with Gasteiger partial charge >= 0.3 is 0 Å². The Kier molecular flexibility index (Phi) is 1.51. The van der Waals surface area contributed by atoms with E-state index in [-0.39, 0.29) is 9.50 Å². The second kappa shape index (κ2) is 2.39. The molecule has 0 aliphatic rings. The van der Waals surface area contributed by atoms with Crippen LogP contribution in [-0.4, -0.2) is 4.98 Å². The molecule has 1 aromatic heterocycles. The molecule has 0 aliphatic carbocycles. The summed E-state index contributed by atoms with van der Waals surface area (Å²) in [5, 5.41) is 0. The fraction of sp³-hybridized carbons (Fsp3) is 0. The van der Waals surface area contributed by atoms with Gasteiger partial charge in [-0.2, -0.15) is 4.98 Å². The maximum absolute atomic E-state index is 5.58. The SMILES string of the molecule is Nc1ccc2c(c1)nc[s+]2S. The maximum Gasteiger partial charge on any atom is 0.243 e. The van der Waals surface area contributed by atoms with Gasteiger partial charge in [0.1, 0.15) is 17.2 Å². The summed E-state index contributed by atoms with van der Waals surface area (Å²) in [6, 6.07) is 5.73. The van der Waals surface area contributed by atoms with Gasteiger partial charge in [0.05, 0.1) is 9.50 Å². The molecule has 2 rings (SSSR count). The van der Waals surface area contributed by atoms with E-state index in [1.807, 2.05) is 23.7 Å². The van der Waals surface area contributed by atoms with Crippen molar-refractivity contribution in [1.82, 2.24) is 4.98 Å². The predicted molar refractivity (Wildman–Crippen MR) is 53.0 cm³/mol. The van der Waals surface area contributed by atoms with Gasteiger partial charge in [0.25, 0.3) is 0 Å². The van der Waals surface area contributed by atoms with Gasteiger partial charge in [0.2, 0.25) is 10.2 Å². The van der Waals surface area contributed by atoms with Crippen molar-refractivity contribution in [2.45, 2.75) is 0 Å². The van der Waals surface area contributed by atoms with Gasteiger partial charge in [0.15, 0.2) is 0 Å². The Labute approximate surface area is 71.8 Å². The van der Waals surface area contributed by atoms with Crippen molar-refractivity contribution in [2.75, 3.05) is 5.73 Å². The summed E-state index contributed by atoms with van der Waals surface area (Å²) < 4.78 is 1.17. The zero-order valence-corrected chi connectivity index (χ0v) is 7.40. The minimum Gasteiger partial charge on any atom is -0.399 e. The summed E-state index contributed by atoms with van der Waals surface area (Å²) in [7, 11) is -0.109. The van der Waals surface area contributed by atoms with E-state index < -0.39 is 0 Å². The molecule has 56 valence electrons. The van der Waals surface area contributed by atoms with Crippen molar-refractivity contribution in [2.24, 2.45) is 0 Å². The van der Waals surface area contributed by atoms with Crippen molar-refractivity contribution in [3.8, 4) is 0 Å². The van der Waals surface area contributed by atoms with Crippen LogP contribution in [0.4, 0.5) is 5.69 Å². The largest absolute Gasteiger partial charge is 0.399 e. The zero-order chi connectivity index (χ0) is 7.84. The van der Waals surface area contributed by atoms with Gasteiger partial charge in [-0.1, -0.05) is 0 Å². The molecule has 0 aliphatic heterocycles. The number of anilines is 1. The van der Waals surface area contributed by atoms with Crippen LogP contribution in [0.25, 0.3) is 10.2 Å². The Bertz CT molecular complexity index is 394. The van der Waals surface area contributed by atoms with Crippen molar-refractivity contribution in [3.63, 3.8) is 0 Å². The quantitative estimate of drug-likeness (QED) is 0.284. The van der Waals surface area contributed by atoms with Crippen LogP contribution in [-0.2, 0) is 0 Å². The van der Waals surface area contributed by atoms with E-state index in [1.165, 1.54) is 4.70 Å². The van der Waals surface area contributed by atoms with Crippen LogP contribution >= 0.6 is 21.2 Å². The number of nitrogens with two attached hydrogens (primary N) is 1. The van der Waals surface area contributed by atoms with Gasteiger partial charge in [-0.05, 0) is 12.1 Å². The standard InChI is InChI=1S/C7H7N2S2/c8-5-1-2-7-6(3-5)9-4-11(7)10/h1-4,10H,8H2/q+1. The lowest BCUT2D eigenvalue weighted by molar-refractivity contribution is 1.50. The Morgan fingerprint density at radius 2 is 2.27 bits per heavy atom. The molecule has 0 bridgehead atoms. The number of rotatable bonds is 0. The van der Waals surface area contributed by atoms with E-state index in [9.17, 15) is 0 Å². The van der Waals surface area contributed by atoms with Crippen LogP contribution in [0.1, 0.15) is 0 Å². The summed E-state index contributed by atoms with van der Waals surface area (Å²) in [5.41, 5.74) is 9.14. The molecule has 2 aromatic rings. The third-order valence-electron chi connectivity index (χ3n) is 1.50. The highest BCUT2D eigenvalue weighted by molar-refractivity contribution is 8.34. The van der Waals surface area contributed by atoms with Crippen molar-refractivity contribution < 1.29 is 0 Å². The first-order valence-corrected chi connectivity index (χ1v) is 5.47. The molecular weight excluding hydrogens is 176 g/mol. The Morgan fingerprint density at radius 3 is 3.09 bits per heavy atom. The lowest BCUT2D eigenvalue weighted by Gasteiger charge is -1.86. The highest BCUT2D eigenvalue weighted by Gasteiger charge is 2.09. The number of nitrogen functional groups attached to an aromatic ring is 1. The van der Waals surface area contributed by atoms with Gasteiger partial charge in [0, 0.05) is 11.8 Å². The number of hydrogen-bond acceptors (Lipinski definition) is 3. The van der Waals surface area contributed by atoms with Crippen LogP contribution < -0.4 is 5.73 Å².